The molecule has 2 aromatic rings. The monoisotopic (exact) mass is 353 g/mol. The van der Waals surface area contributed by atoms with E-state index in [1.807, 2.05) is 37.3 Å². The fourth-order valence-electron chi connectivity index (χ4n) is 2.03. The molecular formula is C15H13BrClNO2. The highest BCUT2D eigenvalue weighted by Crippen LogP contribution is 2.40. The maximum atomic E-state index is 6.11. The van der Waals surface area contributed by atoms with E-state index < -0.39 is 0 Å². The molecule has 3 nitrogen and oxygen atoms in total. The summed E-state index contributed by atoms with van der Waals surface area (Å²) in [5.74, 6) is 1.55. The number of benzene rings is 2. The second-order valence-corrected chi connectivity index (χ2v) is 5.89. The smallest absolute Gasteiger partial charge is 0.231 e. The fourth-order valence-corrected chi connectivity index (χ4v) is 2.81. The minimum atomic E-state index is 0.276. The third kappa shape index (κ3) is 2.72. The molecule has 1 heterocycles. The molecular weight excluding hydrogens is 342 g/mol. The summed E-state index contributed by atoms with van der Waals surface area (Å²) >= 11 is 9.61. The maximum Gasteiger partial charge on any atom is 0.231 e. The summed E-state index contributed by atoms with van der Waals surface area (Å²) in [5, 5.41) is 4.11. The van der Waals surface area contributed by atoms with Crippen LogP contribution in [-0.2, 0) is 6.54 Å². The minimum absolute atomic E-state index is 0.276. The number of anilines is 1. The number of ether oxygens (including phenoxy) is 2. The lowest BCUT2D eigenvalue weighted by atomic mass is 10.2. The van der Waals surface area contributed by atoms with Crippen LogP contribution in [0.4, 0.5) is 5.69 Å². The number of hydrogen-bond acceptors (Lipinski definition) is 3. The van der Waals surface area contributed by atoms with E-state index in [-0.39, 0.29) is 6.79 Å². The quantitative estimate of drug-likeness (QED) is 0.862. The lowest BCUT2D eigenvalue weighted by molar-refractivity contribution is 0.173. The molecule has 1 aliphatic rings. The molecule has 1 aliphatic heterocycles. The van der Waals surface area contributed by atoms with Crippen molar-refractivity contribution in [2.24, 2.45) is 0 Å². The predicted octanol–water partition coefficient (Wildman–Crippen LogP) is 4.75. The summed E-state index contributed by atoms with van der Waals surface area (Å²) in [4.78, 5) is 0. The maximum absolute atomic E-state index is 6.11. The van der Waals surface area contributed by atoms with Gasteiger partial charge in [-0.3, -0.25) is 0 Å². The fraction of sp³-hybridized carbons (Fsp3) is 0.200. The highest BCUT2D eigenvalue weighted by Gasteiger charge is 2.17. The van der Waals surface area contributed by atoms with E-state index in [0.29, 0.717) is 6.54 Å². The molecule has 0 saturated heterocycles. The predicted molar refractivity (Wildman–Crippen MR) is 83.8 cm³/mol. The van der Waals surface area contributed by atoms with Gasteiger partial charge in [-0.1, -0.05) is 17.7 Å². The van der Waals surface area contributed by atoms with Gasteiger partial charge in [-0.25, -0.2) is 0 Å². The summed E-state index contributed by atoms with van der Waals surface area (Å²) in [7, 11) is 0. The molecule has 104 valence electrons. The molecule has 0 spiro atoms. The number of fused-ring (bicyclic) bond motifs is 1. The summed E-state index contributed by atoms with van der Waals surface area (Å²) in [6.45, 7) is 2.95. The average Bonchev–Trinajstić information content (AvgIpc) is 2.89. The number of aryl methyl sites for hydroxylation is 1. The highest BCUT2D eigenvalue weighted by atomic mass is 79.9. The zero-order valence-corrected chi connectivity index (χ0v) is 13.2. The molecule has 20 heavy (non-hydrogen) atoms. The number of rotatable bonds is 3. The van der Waals surface area contributed by atoms with Gasteiger partial charge in [0, 0.05) is 17.3 Å². The van der Waals surface area contributed by atoms with Gasteiger partial charge in [-0.15, -0.1) is 0 Å². The molecule has 0 bridgehead atoms. The van der Waals surface area contributed by atoms with Crippen molar-refractivity contribution in [1.82, 2.24) is 0 Å². The van der Waals surface area contributed by atoms with Gasteiger partial charge < -0.3 is 14.8 Å². The Kier molecular flexibility index (Phi) is 3.76. The van der Waals surface area contributed by atoms with Gasteiger partial charge in [-0.2, -0.15) is 0 Å². The van der Waals surface area contributed by atoms with Crippen molar-refractivity contribution in [3.63, 3.8) is 0 Å². The molecule has 0 unspecified atom stereocenters. The molecule has 0 radical (unpaired) electrons. The summed E-state index contributed by atoms with van der Waals surface area (Å²) in [5.41, 5.74) is 3.18. The van der Waals surface area contributed by atoms with Crippen molar-refractivity contribution in [3.05, 3.63) is 51.0 Å². The van der Waals surface area contributed by atoms with Crippen LogP contribution in [0, 0.1) is 6.92 Å². The van der Waals surface area contributed by atoms with Gasteiger partial charge in [0.15, 0.2) is 11.5 Å². The van der Waals surface area contributed by atoms with Crippen molar-refractivity contribution in [1.29, 1.82) is 0 Å². The van der Waals surface area contributed by atoms with Crippen LogP contribution < -0.4 is 14.8 Å². The Balaban J connectivity index is 1.75. The van der Waals surface area contributed by atoms with Crippen LogP contribution in [-0.4, -0.2) is 6.79 Å². The standard InChI is InChI=1S/C15H13BrClNO2/c1-9-2-3-11(6-13(9)17)18-7-10-4-12(16)15-14(5-10)19-8-20-15/h2-6,18H,7-8H2,1H3. The Bertz CT molecular complexity index is 661. The Labute approximate surface area is 131 Å². The van der Waals surface area contributed by atoms with E-state index in [0.717, 1.165) is 37.8 Å². The Hall–Kier alpha value is -1.39. The number of halogens is 2. The normalized spacial score (nSPS) is 12.6. The molecule has 0 aromatic heterocycles. The van der Waals surface area contributed by atoms with Crippen LogP contribution in [0.3, 0.4) is 0 Å². The Morgan fingerprint density at radius 1 is 1.25 bits per heavy atom. The molecule has 1 N–H and O–H groups in total. The largest absolute Gasteiger partial charge is 0.454 e. The number of hydrogen-bond donors (Lipinski definition) is 1. The highest BCUT2D eigenvalue weighted by molar-refractivity contribution is 9.10. The third-order valence-electron chi connectivity index (χ3n) is 3.16. The van der Waals surface area contributed by atoms with Crippen LogP contribution in [0.2, 0.25) is 5.02 Å². The molecule has 5 heteroatoms. The topological polar surface area (TPSA) is 30.5 Å². The average molecular weight is 355 g/mol. The van der Waals surface area contributed by atoms with Crippen molar-refractivity contribution in [3.8, 4) is 11.5 Å². The first-order valence-electron chi connectivity index (χ1n) is 6.21. The molecule has 0 atom stereocenters. The molecule has 0 aliphatic carbocycles. The van der Waals surface area contributed by atoms with Crippen molar-refractivity contribution in [2.75, 3.05) is 12.1 Å². The van der Waals surface area contributed by atoms with Crippen molar-refractivity contribution >= 4 is 33.2 Å². The van der Waals surface area contributed by atoms with E-state index in [1.54, 1.807) is 0 Å². The van der Waals surface area contributed by atoms with Crippen molar-refractivity contribution < 1.29 is 9.47 Å². The van der Waals surface area contributed by atoms with E-state index in [4.69, 9.17) is 21.1 Å². The van der Waals surface area contributed by atoms with Crippen LogP contribution in [0.1, 0.15) is 11.1 Å². The second-order valence-electron chi connectivity index (χ2n) is 4.63. The summed E-state index contributed by atoms with van der Waals surface area (Å²) in [6, 6.07) is 9.95. The van der Waals surface area contributed by atoms with Crippen LogP contribution in [0.25, 0.3) is 0 Å². The molecule has 3 rings (SSSR count). The van der Waals surface area contributed by atoms with Gasteiger partial charge in [0.1, 0.15) is 0 Å². The molecule has 2 aromatic carbocycles. The first kappa shape index (κ1) is 13.6. The molecule has 0 fully saturated rings. The first-order chi connectivity index (χ1) is 9.63. The molecule has 0 saturated carbocycles. The third-order valence-corrected chi connectivity index (χ3v) is 4.15. The van der Waals surface area contributed by atoms with Crippen LogP contribution in [0.5, 0.6) is 11.5 Å². The van der Waals surface area contributed by atoms with E-state index >= 15 is 0 Å². The first-order valence-corrected chi connectivity index (χ1v) is 7.38. The SMILES string of the molecule is Cc1ccc(NCc2cc(Br)c3c(c2)OCO3)cc1Cl. The van der Waals surface area contributed by atoms with Gasteiger partial charge in [-0.05, 0) is 58.2 Å². The second kappa shape index (κ2) is 5.54. The van der Waals surface area contributed by atoms with Gasteiger partial charge in [0.2, 0.25) is 6.79 Å². The van der Waals surface area contributed by atoms with Crippen LogP contribution in [0.15, 0.2) is 34.8 Å². The van der Waals surface area contributed by atoms with E-state index in [9.17, 15) is 0 Å². The zero-order valence-electron chi connectivity index (χ0n) is 10.9. The Morgan fingerprint density at radius 2 is 2.10 bits per heavy atom. The number of nitrogens with one attached hydrogen (secondary N) is 1. The van der Waals surface area contributed by atoms with Crippen molar-refractivity contribution in [2.45, 2.75) is 13.5 Å². The van der Waals surface area contributed by atoms with Gasteiger partial charge in [0.05, 0.1) is 4.47 Å². The molecule has 0 amide bonds. The van der Waals surface area contributed by atoms with Gasteiger partial charge in [0.25, 0.3) is 0 Å². The zero-order chi connectivity index (χ0) is 14.1. The summed E-state index contributed by atoms with van der Waals surface area (Å²) < 4.78 is 11.7. The van der Waals surface area contributed by atoms with E-state index in [2.05, 4.69) is 21.2 Å². The lowest BCUT2D eigenvalue weighted by Crippen LogP contribution is -1.99. The van der Waals surface area contributed by atoms with Crippen LogP contribution >= 0.6 is 27.5 Å². The minimum Gasteiger partial charge on any atom is -0.454 e. The van der Waals surface area contributed by atoms with Gasteiger partial charge >= 0.3 is 0 Å². The lowest BCUT2D eigenvalue weighted by Gasteiger charge is -2.09. The van der Waals surface area contributed by atoms with E-state index in [1.165, 1.54) is 0 Å². The Morgan fingerprint density at radius 3 is 2.90 bits per heavy atom. The summed E-state index contributed by atoms with van der Waals surface area (Å²) in [6.07, 6.45) is 0.